The molecule has 0 amide bonds. The molecule has 0 saturated carbocycles. The van der Waals surface area contributed by atoms with Crippen LogP contribution in [0, 0.1) is 5.82 Å². The highest BCUT2D eigenvalue weighted by molar-refractivity contribution is 5.88. The number of imidazole rings is 1. The number of aromatic carboxylic acids is 1. The van der Waals surface area contributed by atoms with Crippen molar-refractivity contribution in [1.82, 2.24) is 9.55 Å². The lowest BCUT2D eigenvalue weighted by Gasteiger charge is -2.07. The van der Waals surface area contributed by atoms with Gasteiger partial charge in [-0.25, -0.2) is 14.2 Å². The Morgan fingerprint density at radius 3 is 2.89 bits per heavy atom. The minimum Gasteiger partial charge on any atom is -0.493 e. The molecule has 6 heteroatoms. The summed E-state index contributed by atoms with van der Waals surface area (Å²) in [7, 11) is 1.88. The quantitative estimate of drug-likeness (QED) is 0.895. The maximum absolute atomic E-state index is 13.4. The van der Waals surface area contributed by atoms with E-state index in [9.17, 15) is 9.18 Å². The predicted octanol–water partition coefficient (Wildman–Crippen LogP) is 1.88. The fourth-order valence-electron chi connectivity index (χ4n) is 1.66. The van der Waals surface area contributed by atoms with Crippen molar-refractivity contribution < 1.29 is 19.0 Å². The summed E-state index contributed by atoms with van der Waals surface area (Å²) in [4.78, 5) is 14.8. The SMILES string of the molecule is Cn1ccnc1CCOc1ccc(C(=O)O)c(F)c1. The van der Waals surface area contributed by atoms with E-state index in [-0.39, 0.29) is 5.56 Å². The number of aromatic nitrogens is 2. The van der Waals surface area contributed by atoms with Gasteiger partial charge in [0, 0.05) is 31.9 Å². The minimum atomic E-state index is -1.29. The maximum atomic E-state index is 13.4. The molecule has 19 heavy (non-hydrogen) atoms. The fourth-order valence-corrected chi connectivity index (χ4v) is 1.66. The van der Waals surface area contributed by atoms with E-state index in [1.54, 1.807) is 6.20 Å². The van der Waals surface area contributed by atoms with Crippen LogP contribution >= 0.6 is 0 Å². The monoisotopic (exact) mass is 264 g/mol. The van der Waals surface area contributed by atoms with Crippen molar-refractivity contribution in [2.45, 2.75) is 6.42 Å². The Morgan fingerprint density at radius 1 is 1.53 bits per heavy atom. The fraction of sp³-hybridized carbons (Fsp3) is 0.231. The van der Waals surface area contributed by atoms with E-state index in [0.29, 0.717) is 18.8 Å². The second kappa shape index (κ2) is 5.51. The van der Waals surface area contributed by atoms with Crippen LogP contribution in [0.3, 0.4) is 0 Å². The summed E-state index contributed by atoms with van der Waals surface area (Å²) in [6, 6.07) is 3.70. The van der Waals surface area contributed by atoms with Crippen molar-refractivity contribution in [3.8, 4) is 5.75 Å². The van der Waals surface area contributed by atoms with Gasteiger partial charge in [0.1, 0.15) is 17.4 Å². The number of hydrogen-bond acceptors (Lipinski definition) is 3. The summed E-state index contributed by atoms with van der Waals surface area (Å²) in [5, 5.41) is 8.70. The van der Waals surface area contributed by atoms with E-state index < -0.39 is 11.8 Å². The van der Waals surface area contributed by atoms with Crippen LogP contribution in [-0.4, -0.2) is 27.2 Å². The van der Waals surface area contributed by atoms with Gasteiger partial charge in [0.2, 0.25) is 0 Å². The van der Waals surface area contributed by atoms with Gasteiger partial charge in [0.15, 0.2) is 0 Å². The highest BCUT2D eigenvalue weighted by Gasteiger charge is 2.10. The van der Waals surface area contributed by atoms with Gasteiger partial charge in [-0.05, 0) is 12.1 Å². The largest absolute Gasteiger partial charge is 0.493 e. The molecule has 0 radical (unpaired) electrons. The van der Waals surface area contributed by atoms with Crippen LogP contribution in [0.2, 0.25) is 0 Å². The van der Waals surface area contributed by atoms with E-state index in [0.717, 1.165) is 11.9 Å². The first-order valence-corrected chi connectivity index (χ1v) is 5.70. The average molecular weight is 264 g/mol. The first-order chi connectivity index (χ1) is 9.08. The van der Waals surface area contributed by atoms with Crippen molar-refractivity contribution in [2.24, 2.45) is 7.05 Å². The van der Waals surface area contributed by atoms with E-state index in [4.69, 9.17) is 9.84 Å². The number of hydrogen-bond donors (Lipinski definition) is 1. The minimum absolute atomic E-state index is 0.303. The second-order valence-electron chi connectivity index (χ2n) is 4.00. The van der Waals surface area contributed by atoms with Gasteiger partial charge in [-0.15, -0.1) is 0 Å². The van der Waals surface area contributed by atoms with Gasteiger partial charge in [0.05, 0.1) is 12.2 Å². The normalized spacial score (nSPS) is 10.4. The van der Waals surface area contributed by atoms with Crippen molar-refractivity contribution in [1.29, 1.82) is 0 Å². The van der Waals surface area contributed by atoms with Crippen LogP contribution in [0.4, 0.5) is 4.39 Å². The molecular formula is C13H13FN2O3. The van der Waals surface area contributed by atoms with Crippen LogP contribution in [0.5, 0.6) is 5.75 Å². The van der Waals surface area contributed by atoms with Crippen molar-refractivity contribution in [2.75, 3.05) is 6.61 Å². The lowest BCUT2D eigenvalue weighted by molar-refractivity contribution is 0.0692. The lowest BCUT2D eigenvalue weighted by atomic mass is 10.2. The zero-order chi connectivity index (χ0) is 13.8. The number of ether oxygens (including phenoxy) is 1. The smallest absolute Gasteiger partial charge is 0.338 e. The van der Waals surface area contributed by atoms with Gasteiger partial charge in [-0.1, -0.05) is 0 Å². The highest BCUT2D eigenvalue weighted by atomic mass is 19.1. The molecule has 0 aliphatic rings. The third-order valence-electron chi connectivity index (χ3n) is 2.69. The van der Waals surface area contributed by atoms with E-state index >= 15 is 0 Å². The number of halogens is 1. The van der Waals surface area contributed by atoms with Crippen molar-refractivity contribution in [3.05, 3.63) is 47.8 Å². The Labute approximate surface area is 109 Å². The molecular weight excluding hydrogens is 251 g/mol. The zero-order valence-electron chi connectivity index (χ0n) is 10.3. The average Bonchev–Trinajstić information content (AvgIpc) is 2.75. The number of aryl methyl sites for hydroxylation is 1. The van der Waals surface area contributed by atoms with E-state index in [1.165, 1.54) is 12.1 Å². The number of nitrogens with zero attached hydrogens (tertiary/aromatic N) is 2. The number of carboxylic acids is 1. The zero-order valence-corrected chi connectivity index (χ0v) is 10.3. The topological polar surface area (TPSA) is 64.4 Å². The van der Waals surface area contributed by atoms with Crippen molar-refractivity contribution >= 4 is 5.97 Å². The molecule has 1 heterocycles. The summed E-state index contributed by atoms with van der Waals surface area (Å²) in [5.74, 6) is -0.932. The van der Waals surface area contributed by atoms with Gasteiger partial charge < -0.3 is 14.4 Å². The van der Waals surface area contributed by atoms with E-state index in [2.05, 4.69) is 4.98 Å². The molecule has 2 aromatic rings. The number of carboxylic acid groups (broad SMARTS) is 1. The van der Waals surface area contributed by atoms with Gasteiger partial charge >= 0.3 is 5.97 Å². The molecule has 1 aromatic heterocycles. The Kier molecular flexibility index (Phi) is 3.79. The molecule has 0 spiro atoms. The summed E-state index contributed by atoms with van der Waals surface area (Å²) in [6.45, 7) is 0.344. The van der Waals surface area contributed by atoms with Crippen LogP contribution in [-0.2, 0) is 13.5 Å². The number of rotatable bonds is 5. The molecule has 0 saturated heterocycles. The molecule has 0 fully saturated rings. The maximum Gasteiger partial charge on any atom is 0.338 e. The van der Waals surface area contributed by atoms with Crippen LogP contribution in [0.1, 0.15) is 16.2 Å². The van der Waals surface area contributed by atoms with Crippen LogP contribution in [0.25, 0.3) is 0 Å². The molecule has 0 aliphatic carbocycles. The van der Waals surface area contributed by atoms with Gasteiger partial charge in [-0.3, -0.25) is 0 Å². The molecule has 0 bridgehead atoms. The Bertz CT molecular complexity index is 595. The van der Waals surface area contributed by atoms with Crippen LogP contribution < -0.4 is 4.74 Å². The first kappa shape index (κ1) is 13.1. The first-order valence-electron chi connectivity index (χ1n) is 5.70. The van der Waals surface area contributed by atoms with Crippen molar-refractivity contribution in [3.63, 3.8) is 0 Å². The summed E-state index contributed by atoms with van der Waals surface area (Å²) in [5.41, 5.74) is -0.364. The number of carbonyl (C=O) groups is 1. The van der Waals surface area contributed by atoms with Crippen LogP contribution in [0.15, 0.2) is 30.6 Å². The second-order valence-corrected chi connectivity index (χ2v) is 4.00. The highest BCUT2D eigenvalue weighted by Crippen LogP contribution is 2.16. The number of benzene rings is 1. The third-order valence-corrected chi connectivity index (χ3v) is 2.69. The molecule has 1 aromatic carbocycles. The third kappa shape index (κ3) is 3.09. The Balaban J connectivity index is 1.95. The summed E-state index contributed by atoms with van der Waals surface area (Å²) in [6.07, 6.45) is 4.11. The molecule has 0 atom stereocenters. The predicted molar refractivity (Wildman–Crippen MR) is 65.8 cm³/mol. The molecule has 0 aliphatic heterocycles. The summed E-state index contributed by atoms with van der Waals surface area (Å²) >= 11 is 0. The Morgan fingerprint density at radius 2 is 2.32 bits per heavy atom. The molecule has 1 N–H and O–H groups in total. The van der Waals surface area contributed by atoms with Gasteiger partial charge in [-0.2, -0.15) is 0 Å². The molecule has 5 nitrogen and oxygen atoms in total. The van der Waals surface area contributed by atoms with E-state index in [1.807, 2.05) is 17.8 Å². The molecule has 2 rings (SSSR count). The lowest BCUT2D eigenvalue weighted by Crippen LogP contribution is -2.07. The van der Waals surface area contributed by atoms with Gasteiger partial charge in [0.25, 0.3) is 0 Å². The summed E-state index contributed by atoms with van der Waals surface area (Å²) < 4.78 is 20.6. The molecule has 100 valence electrons. The standard InChI is InChI=1S/C13H13FN2O3/c1-16-6-5-15-12(16)4-7-19-9-2-3-10(13(17)18)11(14)8-9/h2-3,5-6,8H,4,7H2,1H3,(H,17,18). The Hall–Kier alpha value is -2.37. The molecule has 0 unspecified atom stereocenters.